The minimum absolute atomic E-state index is 0.0804. The molecule has 1 fully saturated rings. The lowest BCUT2D eigenvalue weighted by molar-refractivity contribution is 0.116. The van der Waals surface area contributed by atoms with Crippen molar-refractivity contribution in [3.63, 3.8) is 0 Å². The van der Waals surface area contributed by atoms with Gasteiger partial charge in [-0.05, 0) is 12.8 Å². The molecule has 1 aromatic rings. The second kappa shape index (κ2) is 6.71. The molecule has 1 saturated carbocycles. The summed E-state index contributed by atoms with van der Waals surface area (Å²) < 4.78 is 5.19. The number of rotatable bonds is 4. The lowest BCUT2D eigenvalue weighted by Crippen LogP contribution is -2.36. The highest BCUT2D eigenvalue weighted by molar-refractivity contribution is 5.38. The SMILES string of the molecule is COCc1cc(N[C@H]2CCCC[C@@H]2O)nc(C(C)(C)C)n1. The summed E-state index contributed by atoms with van der Waals surface area (Å²) in [4.78, 5) is 9.19. The average Bonchev–Trinajstić information content (AvgIpc) is 2.41. The standard InChI is InChI=1S/C16H27N3O2/c1-16(2,3)15-17-11(10-21-4)9-14(19-15)18-12-7-5-6-8-13(12)20/h9,12-13,20H,5-8,10H2,1-4H3,(H,17,18,19)/t12-,13-/m0/s1. The molecule has 2 rings (SSSR count). The maximum Gasteiger partial charge on any atom is 0.136 e. The van der Waals surface area contributed by atoms with Crippen LogP contribution in [-0.4, -0.2) is 34.3 Å². The van der Waals surface area contributed by atoms with Gasteiger partial charge < -0.3 is 15.2 Å². The van der Waals surface area contributed by atoms with Crippen LogP contribution in [0.25, 0.3) is 0 Å². The lowest BCUT2D eigenvalue weighted by Gasteiger charge is -2.29. The van der Waals surface area contributed by atoms with Gasteiger partial charge >= 0.3 is 0 Å². The van der Waals surface area contributed by atoms with E-state index in [2.05, 4.69) is 36.1 Å². The van der Waals surface area contributed by atoms with Crippen LogP contribution in [0, 0.1) is 0 Å². The predicted octanol–water partition coefficient (Wildman–Crippen LogP) is 2.64. The largest absolute Gasteiger partial charge is 0.391 e. The number of nitrogens with zero attached hydrogens (tertiary/aromatic N) is 2. The van der Waals surface area contributed by atoms with Gasteiger partial charge in [0.05, 0.1) is 24.4 Å². The number of aliphatic hydroxyl groups is 1. The van der Waals surface area contributed by atoms with Gasteiger partial charge in [-0.1, -0.05) is 33.6 Å². The van der Waals surface area contributed by atoms with Crippen molar-refractivity contribution >= 4 is 5.82 Å². The molecular weight excluding hydrogens is 266 g/mol. The fourth-order valence-corrected chi connectivity index (χ4v) is 2.60. The summed E-state index contributed by atoms with van der Waals surface area (Å²) >= 11 is 0. The molecular formula is C16H27N3O2. The number of anilines is 1. The van der Waals surface area contributed by atoms with Gasteiger partial charge in [-0.15, -0.1) is 0 Å². The van der Waals surface area contributed by atoms with Gasteiger partial charge in [0, 0.05) is 18.6 Å². The molecule has 2 N–H and O–H groups in total. The minimum atomic E-state index is -0.294. The third kappa shape index (κ3) is 4.38. The molecule has 21 heavy (non-hydrogen) atoms. The molecule has 0 amide bonds. The molecule has 0 bridgehead atoms. The van der Waals surface area contributed by atoms with Crippen molar-refractivity contribution in [1.82, 2.24) is 9.97 Å². The van der Waals surface area contributed by atoms with Crippen LogP contribution in [0.1, 0.15) is 58.0 Å². The van der Waals surface area contributed by atoms with Gasteiger partial charge in [-0.3, -0.25) is 0 Å². The molecule has 0 saturated heterocycles. The van der Waals surface area contributed by atoms with Crippen molar-refractivity contribution in [2.75, 3.05) is 12.4 Å². The Labute approximate surface area is 127 Å². The Kier molecular flexibility index (Phi) is 5.17. The zero-order chi connectivity index (χ0) is 15.5. The first-order valence-electron chi connectivity index (χ1n) is 7.72. The third-order valence-electron chi connectivity index (χ3n) is 3.80. The van der Waals surface area contributed by atoms with E-state index in [4.69, 9.17) is 4.74 Å². The third-order valence-corrected chi connectivity index (χ3v) is 3.80. The number of methoxy groups -OCH3 is 1. The average molecular weight is 293 g/mol. The first kappa shape index (κ1) is 16.2. The lowest BCUT2D eigenvalue weighted by atomic mass is 9.92. The highest BCUT2D eigenvalue weighted by atomic mass is 16.5. The molecule has 1 aliphatic carbocycles. The summed E-state index contributed by atoms with van der Waals surface area (Å²) in [7, 11) is 1.66. The number of aliphatic hydroxyl groups excluding tert-OH is 1. The van der Waals surface area contributed by atoms with Crippen LogP contribution in [-0.2, 0) is 16.8 Å². The number of hydrogen-bond acceptors (Lipinski definition) is 5. The maximum atomic E-state index is 10.1. The molecule has 118 valence electrons. The molecule has 1 heterocycles. The van der Waals surface area contributed by atoms with Gasteiger partial charge in [0.2, 0.25) is 0 Å². The number of aromatic nitrogens is 2. The molecule has 0 unspecified atom stereocenters. The second-order valence-corrected chi connectivity index (χ2v) is 6.85. The normalized spacial score (nSPS) is 23.1. The van der Waals surface area contributed by atoms with Crippen LogP contribution < -0.4 is 5.32 Å². The Morgan fingerprint density at radius 3 is 2.62 bits per heavy atom. The Bertz CT molecular complexity index is 471. The van der Waals surface area contributed by atoms with Gasteiger partial charge in [0.25, 0.3) is 0 Å². The smallest absolute Gasteiger partial charge is 0.136 e. The Balaban J connectivity index is 2.22. The molecule has 0 radical (unpaired) electrons. The van der Waals surface area contributed by atoms with E-state index in [1.54, 1.807) is 7.11 Å². The van der Waals surface area contributed by atoms with E-state index in [1.807, 2.05) is 6.07 Å². The Morgan fingerprint density at radius 2 is 2.00 bits per heavy atom. The quantitative estimate of drug-likeness (QED) is 0.893. The van der Waals surface area contributed by atoms with Crippen LogP contribution in [0.15, 0.2) is 6.07 Å². The van der Waals surface area contributed by atoms with E-state index in [-0.39, 0.29) is 17.6 Å². The van der Waals surface area contributed by atoms with Crippen molar-refractivity contribution in [3.8, 4) is 0 Å². The number of nitrogens with one attached hydrogen (secondary N) is 1. The zero-order valence-electron chi connectivity index (χ0n) is 13.5. The van der Waals surface area contributed by atoms with Gasteiger partial charge in [-0.25, -0.2) is 9.97 Å². The minimum Gasteiger partial charge on any atom is -0.391 e. The van der Waals surface area contributed by atoms with Crippen LogP contribution in [0.3, 0.4) is 0 Å². The molecule has 2 atom stereocenters. The van der Waals surface area contributed by atoms with Crippen molar-refractivity contribution in [2.45, 2.75) is 70.6 Å². The van der Waals surface area contributed by atoms with E-state index in [9.17, 15) is 5.11 Å². The van der Waals surface area contributed by atoms with E-state index < -0.39 is 0 Å². The summed E-state index contributed by atoms with van der Waals surface area (Å²) in [6.07, 6.45) is 3.80. The fraction of sp³-hybridized carbons (Fsp3) is 0.750. The topological polar surface area (TPSA) is 67.3 Å². The van der Waals surface area contributed by atoms with Crippen molar-refractivity contribution < 1.29 is 9.84 Å². The first-order valence-corrected chi connectivity index (χ1v) is 7.72. The van der Waals surface area contributed by atoms with Crippen molar-refractivity contribution in [2.24, 2.45) is 0 Å². The maximum absolute atomic E-state index is 10.1. The highest BCUT2D eigenvalue weighted by Crippen LogP contribution is 2.24. The monoisotopic (exact) mass is 293 g/mol. The van der Waals surface area contributed by atoms with Crippen molar-refractivity contribution in [3.05, 3.63) is 17.6 Å². The fourth-order valence-electron chi connectivity index (χ4n) is 2.60. The number of hydrogen-bond donors (Lipinski definition) is 2. The summed E-state index contributed by atoms with van der Waals surface area (Å²) in [5.74, 6) is 1.58. The van der Waals surface area contributed by atoms with Crippen molar-refractivity contribution in [1.29, 1.82) is 0 Å². The van der Waals surface area contributed by atoms with E-state index in [0.29, 0.717) is 6.61 Å². The summed E-state index contributed by atoms with van der Waals surface area (Å²) in [5.41, 5.74) is 0.746. The van der Waals surface area contributed by atoms with Gasteiger partial charge in [0.1, 0.15) is 11.6 Å². The molecule has 1 aromatic heterocycles. The summed E-state index contributed by atoms with van der Waals surface area (Å²) in [6.45, 7) is 6.75. The molecule has 0 aromatic carbocycles. The predicted molar refractivity (Wildman–Crippen MR) is 83.3 cm³/mol. The van der Waals surface area contributed by atoms with Crippen LogP contribution >= 0.6 is 0 Å². The molecule has 1 aliphatic rings. The van der Waals surface area contributed by atoms with Crippen LogP contribution in [0.5, 0.6) is 0 Å². The summed E-state index contributed by atoms with van der Waals surface area (Å²) in [5, 5.41) is 13.5. The molecule has 5 nitrogen and oxygen atoms in total. The van der Waals surface area contributed by atoms with E-state index in [0.717, 1.165) is 43.0 Å². The van der Waals surface area contributed by atoms with Crippen LogP contribution in [0.4, 0.5) is 5.82 Å². The molecule has 0 aliphatic heterocycles. The number of ether oxygens (including phenoxy) is 1. The molecule has 5 heteroatoms. The second-order valence-electron chi connectivity index (χ2n) is 6.85. The van der Waals surface area contributed by atoms with Crippen LogP contribution in [0.2, 0.25) is 0 Å². The van der Waals surface area contributed by atoms with Gasteiger partial charge in [-0.2, -0.15) is 0 Å². The van der Waals surface area contributed by atoms with E-state index >= 15 is 0 Å². The first-order chi connectivity index (χ1) is 9.90. The van der Waals surface area contributed by atoms with E-state index in [1.165, 1.54) is 0 Å². The molecule has 0 spiro atoms. The highest BCUT2D eigenvalue weighted by Gasteiger charge is 2.24. The Hall–Kier alpha value is -1.20. The van der Waals surface area contributed by atoms with Gasteiger partial charge in [0.15, 0.2) is 0 Å². The Morgan fingerprint density at radius 1 is 1.29 bits per heavy atom. The zero-order valence-corrected chi connectivity index (χ0v) is 13.5. The summed E-state index contributed by atoms with van der Waals surface area (Å²) in [6, 6.07) is 2.00.